The first-order chi connectivity index (χ1) is 13.7. The predicted octanol–water partition coefficient (Wildman–Crippen LogP) is 3.79. The zero-order valence-electron chi connectivity index (χ0n) is 15.7. The Labute approximate surface area is 167 Å². The second-order valence-electron chi connectivity index (χ2n) is 6.66. The smallest absolute Gasteiger partial charge is 0.287 e. The van der Waals surface area contributed by atoms with Crippen LogP contribution in [0.5, 0.6) is 0 Å². The lowest BCUT2D eigenvalue weighted by atomic mass is 10.4. The largest absolute Gasteiger partial charge is 0.467 e. The van der Waals surface area contributed by atoms with Crippen molar-refractivity contribution in [2.75, 3.05) is 18.0 Å². The van der Waals surface area contributed by atoms with Gasteiger partial charge < -0.3 is 19.1 Å². The Morgan fingerprint density at radius 2 is 2.07 bits per heavy atom. The van der Waals surface area contributed by atoms with Gasteiger partial charge in [0.15, 0.2) is 10.9 Å². The van der Waals surface area contributed by atoms with Crippen molar-refractivity contribution in [3.63, 3.8) is 0 Å². The van der Waals surface area contributed by atoms with Crippen LogP contribution in [0.4, 0.5) is 5.82 Å². The van der Waals surface area contributed by atoms with Gasteiger partial charge in [-0.05, 0) is 44.0 Å². The van der Waals surface area contributed by atoms with E-state index in [-0.39, 0.29) is 11.7 Å². The summed E-state index contributed by atoms with van der Waals surface area (Å²) in [5.41, 5.74) is 0.955. The molecule has 8 heteroatoms. The number of hydrogen-bond acceptors (Lipinski definition) is 7. The number of hydrogen-bond donors (Lipinski definition) is 1. The Balaban J connectivity index is 1.34. The van der Waals surface area contributed by atoms with Crippen LogP contribution in [0, 0.1) is 6.92 Å². The number of aromatic nitrogens is 2. The average molecular weight is 398 g/mol. The Morgan fingerprint density at radius 3 is 2.86 bits per heavy atom. The van der Waals surface area contributed by atoms with Gasteiger partial charge in [-0.2, -0.15) is 0 Å². The SMILES string of the molecule is Cc1cc(N2CCCC2)nc(SCc2ccc(C(=O)NCc3ccco3)o2)n1. The molecule has 7 nitrogen and oxygen atoms in total. The third-order valence-corrected chi connectivity index (χ3v) is 5.35. The monoisotopic (exact) mass is 398 g/mol. The molecule has 1 saturated heterocycles. The summed E-state index contributed by atoms with van der Waals surface area (Å²) in [6, 6.07) is 9.12. The Kier molecular flexibility index (Phi) is 5.66. The van der Waals surface area contributed by atoms with Crippen LogP contribution in [0.25, 0.3) is 0 Å². The first kappa shape index (κ1) is 18.6. The molecule has 4 heterocycles. The summed E-state index contributed by atoms with van der Waals surface area (Å²) in [5.74, 6) is 2.97. The molecule has 0 unspecified atom stereocenters. The van der Waals surface area contributed by atoms with E-state index < -0.39 is 0 Å². The number of carbonyl (C=O) groups is 1. The molecule has 1 aliphatic rings. The van der Waals surface area contributed by atoms with Gasteiger partial charge in [0.2, 0.25) is 0 Å². The summed E-state index contributed by atoms with van der Waals surface area (Å²) in [7, 11) is 0. The lowest BCUT2D eigenvalue weighted by Gasteiger charge is -2.17. The van der Waals surface area contributed by atoms with E-state index >= 15 is 0 Å². The molecule has 0 radical (unpaired) electrons. The van der Waals surface area contributed by atoms with Crippen LogP contribution >= 0.6 is 11.8 Å². The zero-order chi connectivity index (χ0) is 19.3. The van der Waals surface area contributed by atoms with Gasteiger partial charge >= 0.3 is 0 Å². The van der Waals surface area contributed by atoms with Crippen LogP contribution in [-0.2, 0) is 12.3 Å². The van der Waals surface area contributed by atoms with E-state index in [9.17, 15) is 4.79 Å². The van der Waals surface area contributed by atoms with Crippen LogP contribution in [-0.4, -0.2) is 29.0 Å². The van der Waals surface area contributed by atoms with Crippen molar-refractivity contribution in [2.45, 2.75) is 37.2 Å². The van der Waals surface area contributed by atoms with Gasteiger partial charge in [0.05, 0.1) is 18.6 Å². The van der Waals surface area contributed by atoms with E-state index in [0.717, 1.165) is 29.8 Å². The molecule has 1 N–H and O–H groups in total. The molecule has 1 amide bonds. The van der Waals surface area contributed by atoms with Crippen molar-refractivity contribution in [3.8, 4) is 0 Å². The van der Waals surface area contributed by atoms with Crippen molar-refractivity contribution in [1.29, 1.82) is 0 Å². The molecule has 146 valence electrons. The third kappa shape index (κ3) is 4.56. The molecule has 1 fully saturated rings. The quantitative estimate of drug-likeness (QED) is 0.479. The van der Waals surface area contributed by atoms with E-state index in [2.05, 4.69) is 20.2 Å². The van der Waals surface area contributed by atoms with Crippen LogP contribution in [0.1, 0.15) is 40.6 Å². The molecule has 0 saturated carbocycles. The third-order valence-electron chi connectivity index (χ3n) is 4.48. The molecule has 4 rings (SSSR count). The maximum atomic E-state index is 12.2. The Hall–Kier alpha value is -2.74. The number of nitrogens with one attached hydrogen (secondary N) is 1. The topological polar surface area (TPSA) is 84.4 Å². The molecule has 0 aliphatic carbocycles. The van der Waals surface area contributed by atoms with Gasteiger partial charge in [0, 0.05) is 24.8 Å². The summed E-state index contributed by atoms with van der Waals surface area (Å²) in [4.78, 5) is 23.7. The normalized spacial score (nSPS) is 13.8. The molecular formula is C20H22N4O3S. The van der Waals surface area contributed by atoms with E-state index in [1.807, 2.05) is 25.1 Å². The maximum Gasteiger partial charge on any atom is 0.287 e. The fourth-order valence-corrected chi connectivity index (χ4v) is 3.87. The van der Waals surface area contributed by atoms with Crippen molar-refractivity contribution in [1.82, 2.24) is 15.3 Å². The first-order valence-electron chi connectivity index (χ1n) is 9.30. The van der Waals surface area contributed by atoms with Gasteiger partial charge in [-0.1, -0.05) is 11.8 Å². The van der Waals surface area contributed by atoms with Gasteiger partial charge in [0.25, 0.3) is 5.91 Å². The van der Waals surface area contributed by atoms with Crippen LogP contribution in [0.2, 0.25) is 0 Å². The molecular weight excluding hydrogens is 376 g/mol. The second kappa shape index (κ2) is 8.52. The number of rotatable bonds is 7. The number of thioether (sulfide) groups is 1. The molecule has 0 bridgehead atoms. The molecule has 1 aliphatic heterocycles. The minimum Gasteiger partial charge on any atom is -0.467 e. The number of aryl methyl sites for hydroxylation is 1. The summed E-state index contributed by atoms with van der Waals surface area (Å²) >= 11 is 1.51. The highest BCUT2D eigenvalue weighted by molar-refractivity contribution is 7.98. The number of anilines is 1. The van der Waals surface area contributed by atoms with Gasteiger partial charge in [-0.25, -0.2) is 9.97 Å². The second-order valence-corrected chi connectivity index (χ2v) is 7.60. The molecule has 3 aromatic rings. The highest BCUT2D eigenvalue weighted by Gasteiger charge is 2.16. The zero-order valence-corrected chi connectivity index (χ0v) is 16.5. The van der Waals surface area contributed by atoms with Crippen LogP contribution in [0.15, 0.2) is 50.6 Å². The van der Waals surface area contributed by atoms with Crippen molar-refractivity contribution in [3.05, 3.63) is 59.6 Å². The van der Waals surface area contributed by atoms with Gasteiger partial charge in [-0.15, -0.1) is 0 Å². The highest BCUT2D eigenvalue weighted by Crippen LogP contribution is 2.25. The molecule has 3 aromatic heterocycles. The van der Waals surface area contributed by atoms with E-state index in [1.54, 1.807) is 18.4 Å². The van der Waals surface area contributed by atoms with Crippen LogP contribution in [0.3, 0.4) is 0 Å². The summed E-state index contributed by atoms with van der Waals surface area (Å²) in [5, 5.41) is 3.50. The molecule has 28 heavy (non-hydrogen) atoms. The number of amides is 1. The van der Waals surface area contributed by atoms with Gasteiger partial charge in [0.1, 0.15) is 17.3 Å². The van der Waals surface area contributed by atoms with Crippen molar-refractivity contribution >= 4 is 23.5 Å². The number of furan rings is 2. The number of carbonyl (C=O) groups excluding carboxylic acids is 1. The minimum atomic E-state index is -0.268. The minimum absolute atomic E-state index is 0.268. The van der Waals surface area contributed by atoms with E-state index in [4.69, 9.17) is 8.83 Å². The highest BCUT2D eigenvalue weighted by atomic mass is 32.2. The van der Waals surface area contributed by atoms with Crippen molar-refractivity contribution < 1.29 is 13.6 Å². The average Bonchev–Trinajstić information content (AvgIpc) is 3.47. The summed E-state index contributed by atoms with van der Waals surface area (Å²) < 4.78 is 10.9. The predicted molar refractivity (Wildman–Crippen MR) is 106 cm³/mol. The maximum absolute atomic E-state index is 12.2. The van der Waals surface area contributed by atoms with E-state index in [0.29, 0.717) is 23.8 Å². The fourth-order valence-electron chi connectivity index (χ4n) is 3.08. The first-order valence-corrected chi connectivity index (χ1v) is 10.3. The molecule has 0 atom stereocenters. The summed E-state index contributed by atoms with van der Waals surface area (Å²) in [6.45, 7) is 4.41. The number of nitrogens with zero attached hydrogens (tertiary/aromatic N) is 3. The van der Waals surface area contributed by atoms with Crippen LogP contribution < -0.4 is 10.2 Å². The Morgan fingerprint density at radius 1 is 1.21 bits per heavy atom. The molecule has 0 spiro atoms. The fraction of sp³-hybridized carbons (Fsp3) is 0.350. The Bertz CT molecular complexity index is 933. The lowest BCUT2D eigenvalue weighted by Crippen LogP contribution is -2.21. The van der Waals surface area contributed by atoms with Crippen molar-refractivity contribution in [2.24, 2.45) is 0 Å². The summed E-state index contributed by atoms with van der Waals surface area (Å²) in [6.07, 6.45) is 4.00. The molecule has 0 aromatic carbocycles. The van der Waals surface area contributed by atoms with E-state index in [1.165, 1.54) is 24.6 Å². The standard InChI is InChI=1S/C20H22N4O3S/c1-14-11-18(24-8-2-3-9-24)23-20(22-14)28-13-16-6-7-17(27-16)19(25)21-12-15-5-4-10-26-15/h4-7,10-11H,2-3,8-9,12-13H2,1H3,(H,21,25). The van der Waals surface area contributed by atoms with Gasteiger partial charge in [-0.3, -0.25) is 4.79 Å². The lowest BCUT2D eigenvalue weighted by molar-refractivity contribution is 0.0919.